The van der Waals surface area contributed by atoms with Crippen molar-refractivity contribution in [1.82, 2.24) is 0 Å². The van der Waals surface area contributed by atoms with Crippen molar-refractivity contribution in [2.45, 2.75) is 0 Å². The Morgan fingerprint density at radius 2 is 1.33 bits per heavy atom. The molecule has 0 saturated heterocycles. The van der Waals surface area contributed by atoms with Crippen LogP contribution in [0.5, 0.6) is 0 Å². The van der Waals surface area contributed by atoms with E-state index in [0.717, 1.165) is 0 Å². The summed E-state index contributed by atoms with van der Waals surface area (Å²) in [5.41, 5.74) is 0. The zero-order chi connectivity index (χ0) is 14.5. The van der Waals surface area contributed by atoms with E-state index in [9.17, 15) is 0 Å². The Labute approximate surface area is 111 Å². The number of hydrogen-bond donors (Lipinski definition) is 0. The van der Waals surface area contributed by atoms with Crippen LogP contribution in [0.1, 0.15) is 0 Å². The fourth-order valence-corrected chi connectivity index (χ4v) is 0.448. The van der Waals surface area contributed by atoms with Crippen LogP contribution < -0.4 is 0 Å². The normalized spacial score (nSPS) is 7.28. The van der Waals surface area contributed by atoms with Crippen LogP contribution >= 0.6 is 0 Å². The van der Waals surface area contributed by atoms with E-state index in [1.165, 1.54) is 0 Å². The van der Waals surface area contributed by atoms with E-state index in [2.05, 4.69) is 43.3 Å². The van der Waals surface area contributed by atoms with Crippen LogP contribution in [0.4, 0.5) is 0 Å². The number of ether oxygens (including phenoxy) is 4. The first kappa shape index (κ1) is 21.9. The molecular weight excluding hydrogens is 232 g/mol. The van der Waals surface area contributed by atoms with Crippen LogP contribution in [0.15, 0.2) is 12.7 Å². The van der Waals surface area contributed by atoms with Gasteiger partial charge in [-0.2, -0.15) is 0 Å². The topological polar surface area (TPSA) is 36.9 Å². The third kappa shape index (κ3) is 46.5. The smallest absolute Gasteiger partial charge is 0.107 e. The van der Waals surface area contributed by atoms with Gasteiger partial charge in [-0.1, -0.05) is 23.8 Å². The highest BCUT2D eigenvalue weighted by atomic mass is 16.5. The van der Waals surface area contributed by atoms with Gasteiger partial charge in [0.25, 0.3) is 0 Å². The van der Waals surface area contributed by atoms with Crippen molar-refractivity contribution in [3.05, 3.63) is 12.7 Å². The quantitative estimate of drug-likeness (QED) is 0.550. The van der Waals surface area contributed by atoms with Crippen LogP contribution in [0.2, 0.25) is 0 Å². The number of terminal acetylenes is 1. The maximum Gasteiger partial charge on any atom is 0.107 e. The molecule has 0 aliphatic rings. The molecule has 0 atom stereocenters. The Hall–Kier alpha value is -1.30. The van der Waals surface area contributed by atoms with Gasteiger partial charge >= 0.3 is 0 Å². The SMILES string of the molecule is C#CCOC.C=CCOC.COCC#CCOC. The monoisotopic (exact) mass is 256 g/mol. The molecule has 0 aromatic rings. The lowest BCUT2D eigenvalue weighted by molar-refractivity contribution is 0.233. The van der Waals surface area contributed by atoms with E-state index >= 15 is 0 Å². The molecule has 4 heteroatoms. The number of rotatable bonds is 5. The summed E-state index contributed by atoms with van der Waals surface area (Å²) in [6, 6.07) is 0. The van der Waals surface area contributed by atoms with Gasteiger partial charge in [0.1, 0.15) is 19.8 Å². The molecule has 0 aromatic carbocycles. The van der Waals surface area contributed by atoms with Gasteiger partial charge in [0.05, 0.1) is 6.61 Å². The molecule has 0 aromatic heterocycles. The highest BCUT2D eigenvalue weighted by Crippen LogP contribution is 1.63. The van der Waals surface area contributed by atoms with Crippen molar-refractivity contribution in [3.63, 3.8) is 0 Å². The van der Waals surface area contributed by atoms with Gasteiger partial charge in [-0.05, 0) is 0 Å². The molecule has 0 rings (SSSR count). The summed E-state index contributed by atoms with van der Waals surface area (Å²) in [6.45, 7) is 5.47. The van der Waals surface area contributed by atoms with Crippen LogP contribution in [-0.2, 0) is 18.9 Å². The first-order chi connectivity index (χ1) is 8.74. The van der Waals surface area contributed by atoms with Gasteiger partial charge in [0.2, 0.25) is 0 Å². The molecular formula is C14H24O4. The largest absolute Gasteiger partial charge is 0.381 e. The third-order valence-electron chi connectivity index (χ3n) is 1.07. The molecule has 104 valence electrons. The fourth-order valence-electron chi connectivity index (χ4n) is 0.448. The van der Waals surface area contributed by atoms with Crippen LogP contribution in [0.3, 0.4) is 0 Å². The van der Waals surface area contributed by atoms with Crippen molar-refractivity contribution in [2.75, 3.05) is 54.9 Å². The van der Waals surface area contributed by atoms with Crippen molar-refractivity contribution in [2.24, 2.45) is 0 Å². The highest BCUT2D eigenvalue weighted by molar-refractivity contribution is 4.98. The predicted octanol–water partition coefficient (Wildman–Crippen LogP) is 1.37. The molecule has 0 unspecified atom stereocenters. The fraction of sp³-hybridized carbons (Fsp3) is 0.571. The predicted molar refractivity (Wildman–Crippen MR) is 74.3 cm³/mol. The lowest BCUT2D eigenvalue weighted by atomic mass is 10.6. The number of methoxy groups -OCH3 is 4. The maximum absolute atomic E-state index is 4.76. The zero-order valence-corrected chi connectivity index (χ0v) is 11.8. The Kier molecular flexibility index (Phi) is 36.1. The molecule has 0 heterocycles. The van der Waals surface area contributed by atoms with Crippen LogP contribution in [0, 0.1) is 24.2 Å². The maximum atomic E-state index is 4.76. The molecule has 0 N–H and O–H groups in total. The van der Waals surface area contributed by atoms with Crippen LogP contribution in [0.25, 0.3) is 0 Å². The van der Waals surface area contributed by atoms with E-state index in [4.69, 9.17) is 6.42 Å². The summed E-state index contributed by atoms with van der Waals surface area (Å²) in [4.78, 5) is 0. The van der Waals surface area contributed by atoms with E-state index < -0.39 is 0 Å². The minimum absolute atomic E-state index is 0.417. The third-order valence-corrected chi connectivity index (χ3v) is 1.07. The average Bonchev–Trinajstić information content (AvgIpc) is 2.38. The van der Waals surface area contributed by atoms with Crippen molar-refractivity contribution in [1.29, 1.82) is 0 Å². The molecule has 0 saturated carbocycles. The number of hydrogen-bond acceptors (Lipinski definition) is 4. The van der Waals surface area contributed by atoms with E-state index in [1.54, 1.807) is 34.5 Å². The zero-order valence-electron chi connectivity index (χ0n) is 11.8. The molecule has 4 nitrogen and oxygen atoms in total. The van der Waals surface area contributed by atoms with E-state index in [-0.39, 0.29) is 0 Å². The van der Waals surface area contributed by atoms with Gasteiger partial charge < -0.3 is 18.9 Å². The standard InChI is InChI=1S/C6H10O2.C4H8O.C4H6O/c1-7-5-3-4-6-8-2;2*1-3-4-5-2/h5-6H2,1-2H3;3H,1,4H2,2H3;1H,4H2,2H3. The Balaban J connectivity index is -0.000000197. The summed E-state index contributed by atoms with van der Waals surface area (Å²) >= 11 is 0. The summed E-state index contributed by atoms with van der Waals surface area (Å²) in [7, 11) is 6.44. The summed E-state index contributed by atoms with van der Waals surface area (Å²) in [5.74, 6) is 7.77. The highest BCUT2D eigenvalue weighted by Gasteiger charge is 1.67. The van der Waals surface area contributed by atoms with Crippen molar-refractivity contribution >= 4 is 0 Å². The Bertz CT molecular complexity index is 222. The minimum Gasteiger partial charge on any atom is -0.381 e. The van der Waals surface area contributed by atoms with E-state index in [1.807, 2.05) is 0 Å². The van der Waals surface area contributed by atoms with E-state index in [0.29, 0.717) is 26.4 Å². The van der Waals surface area contributed by atoms with Gasteiger partial charge in [-0.25, -0.2) is 0 Å². The molecule has 0 fully saturated rings. The summed E-state index contributed by atoms with van der Waals surface area (Å²) < 4.78 is 18.3. The Morgan fingerprint density at radius 3 is 1.44 bits per heavy atom. The molecule has 0 radical (unpaired) electrons. The summed E-state index contributed by atoms with van der Waals surface area (Å²) in [5, 5.41) is 0. The molecule has 18 heavy (non-hydrogen) atoms. The average molecular weight is 256 g/mol. The van der Waals surface area contributed by atoms with Crippen LogP contribution in [-0.4, -0.2) is 54.9 Å². The Morgan fingerprint density at radius 1 is 0.889 bits per heavy atom. The van der Waals surface area contributed by atoms with Gasteiger partial charge in [-0.3, -0.25) is 0 Å². The molecule has 0 aliphatic heterocycles. The minimum atomic E-state index is 0.417. The van der Waals surface area contributed by atoms with Gasteiger partial charge in [0.15, 0.2) is 0 Å². The first-order valence-corrected chi connectivity index (χ1v) is 5.20. The first-order valence-electron chi connectivity index (χ1n) is 5.20. The van der Waals surface area contributed by atoms with Crippen molar-refractivity contribution in [3.8, 4) is 24.2 Å². The van der Waals surface area contributed by atoms with Crippen molar-refractivity contribution < 1.29 is 18.9 Å². The molecule has 0 spiro atoms. The summed E-state index contributed by atoms with van der Waals surface area (Å²) in [6.07, 6.45) is 6.47. The van der Waals surface area contributed by atoms with Gasteiger partial charge in [0, 0.05) is 28.4 Å². The molecule has 0 bridgehead atoms. The lowest BCUT2D eigenvalue weighted by Gasteiger charge is -1.83. The second kappa shape index (κ2) is 29.6. The second-order valence-corrected chi connectivity index (χ2v) is 2.60. The lowest BCUT2D eigenvalue weighted by Crippen LogP contribution is -1.85. The van der Waals surface area contributed by atoms with Gasteiger partial charge in [-0.15, -0.1) is 13.0 Å². The second-order valence-electron chi connectivity index (χ2n) is 2.60. The molecule has 0 amide bonds. The molecule has 0 aliphatic carbocycles.